The van der Waals surface area contributed by atoms with Crippen LogP contribution in [0.2, 0.25) is 5.02 Å². The number of carbonyl (C=O) groups is 1. The van der Waals surface area contributed by atoms with Crippen LogP contribution in [-0.4, -0.2) is 10.8 Å². The highest BCUT2D eigenvalue weighted by atomic mass is 35.5. The van der Waals surface area contributed by atoms with Gasteiger partial charge in [-0.25, -0.2) is 4.79 Å². The molecule has 0 atom stereocenters. The summed E-state index contributed by atoms with van der Waals surface area (Å²) in [5.74, 6) is -0.605. The number of hydrogen-bond acceptors (Lipinski definition) is 5. The van der Waals surface area contributed by atoms with Crippen LogP contribution in [-0.2, 0) is 0 Å². The zero-order chi connectivity index (χ0) is 21.3. The summed E-state index contributed by atoms with van der Waals surface area (Å²) in [6, 6.07) is 19.2. The molecule has 0 saturated heterocycles. The third kappa shape index (κ3) is 3.78. The molecule has 4 rings (SSSR count). The second-order valence-electron chi connectivity index (χ2n) is 6.44. The summed E-state index contributed by atoms with van der Waals surface area (Å²) >= 11 is 6.03. The van der Waals surface area contributed by atoms with Crippen molar-refractivity contribution in [3.05, 3.63) is 104 Å². The van der Waals surface area contributed by atoms with Crippen LogP contribution in [0.15, 0.2) is 82.0 Å². The summed E-state index contributed by atoms with van der Waals surface area (Å²) in [4.78, 5) is 35.4. The molecule has 8 heteroatoms. The van der Waals surface area contributed by atoms with Gasteiger partial charge < -0.3 is 9.73 Å². The molecule has 30 heavy (non-hydrogen) atoms. The van der Waals surface area contributed by atoms with E-state index in [4.69, 9.17) is 16.0 Å². The zero-order valence-corrected chi connectivity index (χ0v) is 16.1. The Bertz CT molecular complexity index is 1360. The predicted molar refractivity (Wildman–Crippen MR) is 114 cm³/mol. The maximum atomic E-state index is 12.6. The minimum absolute atomic E-state index is 0.0264. The highest BCUT2D eigenvalue weighted by molar-refractivity contribution is 6.34. The maximum absolute atomic E-state index is 12.6. The summed E-state index contributed by atoms with van der Waals surface area (Å²) < 4.78 is 5.36. The van der Waals surface area contributed by atoms with E-state index >= 15 is 0 Å². The molecule has 7 nitrogen and oxygen atoms in total. The number of amides is 1. The standard InChI is InChI=1S/C22H13ClN2O5/c23-19-9-8-16(25(28)29)12-18(19)21(26)24-15-6-3-5-13(10-15)17-11-14-4-1-2-7-20(14)30-22(17)27/h1-12H,(H,24,26). The molecule has 1 amide bonds. The Morgan fingerprint density at radius 2 is 1.80 bits per heavy atom. The third-order valence-corrected chi connectivity index (χ3v) is 4.81. The lowest BCUT2D eigenvalue weighted by Crippen LogP contribution is -2.13. The minimum Gasteiger partial charge on any atom is -0.422 e. The SMILES string of the molecule is O=C(Nc1cccc(-c2cc3ccccc3oc2=O)c1)c1cc([N+](=O)[O-])ccc1Cl. The predicted octanol–water partition coefficient (Wildman–Crippen LogP) is 5.27. The first-order chi connectivity index (χ1) is 14.4. The first-order valence-corrected chi connectivity index (χ1v) is 9.19. The molecular formula is C22H13ClN2O5. The van der Waals surface area contributed by atoms with Gasteiger partial charge in [-0.2, -0.15) is 0 Å². The Morgan fingerprint density at radius 1 is 1.00 bits per heavy atom. The fraction of sp³-hybridized carbons (Fsp3) is 0. The lowest BCUT2D eigenvalue weighted by molar-refractivity contribution is -0.384. The lowest BCUT2D eigenvalue weighted by Gasteiger charge is -2.09. The smallest absolute Gasteiger partial charge is 0.344 e. The van der Waals surface area contributed by atoms with Gasteiger partial charge in [-0.05, 0) is 35.9 Å². The van der Waals surface area contributed by atoms with E-state index in [1.54, 1.807) is 42.5 Å². The lowest BCUT2D eigenvalue weighted by atomic mass is 10.1. The van der Waals surface area contributed by atoms with Gasteiger partial charge in [0.25, 0.3) is 11.6 Å². The van der Waals surface area contributed by atoms with Crippen molar-refractivity contribution >= 4 is 39.9 Å². The number of non-ortho nitro benzene ring substituents is 1. The Kier molecular flexibility index (Phi) is 5.04. The van der Waals surface area contributed by atoms with E-state index in [0.717, 1.165) is 11.5 Å². The number of anilines is 1. The number of rotatable bonds is 4. The minimum atomic E-state index is -0.605. The molecule has 4 aromatic rings. The van der Waals surface area contributed by atoms with Gasteiger partial charge in [-0.1, -0.05) is 41.9 Å². The van der Waals surface area contributed by atoms with Crippen LogP contribution in [0.3, 0.4) is 0 Å². The molecule has 0 aliphatic rings. The fourth-order valence-corrected chi connectivity index (χ4v) is 3.23. The van der Waals surface area contributed by atoms with E-state index in [-0.39, 0.29) is 16.3 Å². The van der Waals surface area contributed by atoms with Crippen LogP contribution in [0, 0.1) is 10.1 Å². The van der Waals surface area contributed by atoms with Crippen molar-refractivity contribution in [3.8, 4) is 11.1 Å². The van der Waals surface area contributed by atoms with Gasteiger partial charge in [0.15, 0.2) is 0 Å². The van der Waals surface area contributed by atoms with Gasteiger partial charge in [0.2, 0.25) is 0 Å². The van der Waals surface area contributed by atoms with Crippen LogP contribution in [0.25, 0.3) is 22.1 Å². The second-order valence-corrected chi connectivity index (χ2v) is 6.85. The van der Waals surface area contributed by atoms with Crippen LogP contribution in [0.1, 0.15) is 10.4 Å². The van der Waals surface area contributed by atoms with E-state index in [0.29, 0.717) is 22.4 Å². The molecule has 0 fully saturated rings. The number of fused-ring (bicyclic) bond motifs is 1. The van der Waals surface area contributed by atoms with Crippen molar-refractivity contribution < 1.29 is 14.1 Å². The fourth-order valence-electron chi connectivity index (χ4n) is 3.03. The molecule has 0 saturated carbocycles. The van der Waals surface area contributed by atoms with Gasteiger partial charge in [-0.15, -0.1) is 0 Å². The summed E-state index contributed by atoms with van der Waals surface area (Å²) in [7, 11) is 0. The molecule has 0 unspecified atom stereocenters. The van der Waals surface area contributed by atoms with Crippen LogP contribution >= 0.6 is 11.6 Å². The highest BCUT2D eigenvalue weighted by Crippen LogP contribution is 2.26. The summed E-state index contributed by atoms with van der Waals surface area (Å²) in [5.41, 5.74) is 1.01. The van der Waals surface area contributed by atoms with Crippen molar-refractivity contribution in [1.29, 1.82) is 0 Å². The number of para-hydroxylation sites is 1. The van der Waals surface area contributed by atoms with Crippen molar-refractivity contribution in [2.45, 2.75) is 0 Å². The van der Waals surface area contributed by atoms with Gasteiger partial charge in [0.1, 0.15) is 5.58 Å². The monoisotopic (exact) mass is 420 g/mol. The number of benzene rings is 3. The number of carbonyl (C=O) groups excluding carboxylic acids is 1. The molecule has 0 radical (unpaired) electrons. The van der Waals surface area contributed by atoms with Crippen LogP contribution in [0.5, 0.6) is 0 Å². The summed E-state index contributed by atoms with van der Waals surface area (Å²) in [6.07, 6.45) is 0. The number of hydrogen-bond donors (Lipinski definition) is 1. The Morgan fingerprint density at radius 3 is 2.60 bits per heavy atom. The first-order valence-electron chi connectivity index (χ1n) is 8.81. The second kappa shape index (κ2) is 7.81. The molecule has 0 spiro atoms. The third-order valence-electron chi connectivity index (χ3n) is 4.48. The first kappa shape index (κ1) is 19.4. The molecule has 0 aliphatic heterocycles. The molecule has 3 aromatic carbocycles. The van der Waals surface area contributed by atoms with Crippen LogP contribution < -0.4 is 10.9 Å². The van der Waals surface area contributed by atoms with E-state index in [1.165, 1.54) is 12.1 Å². The van der Waals surface area contributed by atoms with E-state index in [1.807, 2.05) is 12.1 Å². The Balaban J connectivity index is 1.67. The van der Waals surface area contributed by atoms with E-state index < -0.39 is 16.5 Å². The normalized spacial score (nSPS) is 10.7. The molecule has 1 aromatic heterocycles. The van der Waals surface area contributed by atoms with Crippen molar-refractivity contribution in [2.24, 2.45) is 0 Å². The van der Waals surface area contributed by atoms with E-state index in [9.17, 15) is 19.7 Å². The molecule has 0 aliphatic carbocycles. The van der Waals surface area contributed by atoms with Gasteiger partial charge in [-0.3, -0.25) is 14.9 Å². The van der Waals surface area contributed by atoms with Gasteiger partial charge >= 0.3 is 5.63 Å². The molecule has 0 bridgehead atoms. The van der Waals surface area contributed by atoms with Crippen molar-refractivity contribution in [2.75, 3.05) is 5.32 Å². The number of nitro benzene ring substituents is 1. The van der Waals surface area contributed by atoms with Gasteiger partial charge in [0.05, 0.1) is 21.1 Å². The summed E-state index contributed by atoms with van der Waals surface area (Å²) in [5, 5.41) is 14.5. The Labute approximate surface area is 174 Å². The topological polar surface area (TPSA) is 102 Å². The quantitative estimate of drug-likeness (QED) is 0.275. The zero-order valence-electron chi connectivity index (χ0n) is 15.3. The maximum Gasteiger partial charge on any atom is 0.344 e. The number of nitrogens with zero attached hydrogens (tertiary/aromatic N) is 1. The van der Waals surface area contributed by atoms with Crippen molar-refractivity contribution in [1.82, 2.24) is 0 Å². The van der Waals surface area contributed by atoms with Crippen molar-refractivity contribution in [3.63, 3.8) is 0 Å². The average Bonchev–Trinajstić information content (AvgIpc) is 2.73. The Hall–Kier alpha value is -3.97. The molecule has 1 N–H and O–H groups in total. The molecular weight excluding hydrogens is 408 g/mol. The molecule has 1 heterocycles. The number of nitrogens with one attached hydrogen (secondary N) is 1. The summed E-state index contributed by atoms with van der Waals surface area (Å²) in [6.45, 7) is 0. The highest BCUT2D eigenvalue weighted by Gasteiger charge is 2.16. The van der Waals surface area contributed by atoms with Gasteiger partial charge in [0, 0.05) is 23.2 Å². The van der Waals surface area contributed by atoms with Crippen LogP contribution in [0.4, 0.5) is 11.4 Å². The number of nitro groups is 1. The number of halogens is 1. The van der Waals surface area contributed by atoms with E-state index in [2.05, 4.69) is 5.32 Å². The average molecular weight is 421 g/mol. The largest absolute Gasteiger partial charge is 0.422 e. The molecule has 148 valence electrons.